The normalized spacial score (nSPS) is 26.4. The number of amides is 4. The first-order valence-corrected chi connectivity index (χ1v) is 14.8. The number of imide groups is 1. The van der Waals surface area contributed by atoms with Gasteiger partial charge in [0.15, 0.2) is 0 Å². The molecular weight excluding hydrogens is 508 g/mol. The highest BCUT2D eigenvalue weighted by atomic mass is 16.6. The molecule has 3 saturated heterocycles. The third-order valence-electron chi connectivity index (χ3n) is 9.32. The molecule has 1 aliphatic carbocycles. The Labute approximate surface area is 236 Å². The van der Waals surface area contributed by atoms with E-state index in [1.807, 2.05) is 31.7 Å². The third kappa shape index (κ3) is 5.30. The van der Waals surface area contributed by atoms with Crippen molar-refractivity contribution in [1.29, 1.82) is 0 Å². The maximum absolute atomic E-state index is 12.7. The lowest BCUT2D eigenvalue weighted by molar-refractivity contribution is -0.120. The third-order valence-corrected chi connectivity index (χ3v) is 9.32. The van der Waals surface area contributed by atoms with Crippen molar-refractivity contribution in [3.63, 3.8) is 0 Å². The van der Waals surface area contributed by atoms with Gasteiger partial charge in [0, 0.05) is 63.3 Å². The molecule has 1 N–H and O–H groups in total. The van der Waals surface area contributed by atoms with E-state index >= 15 is 0 Å². The Kier molecular flexibility index (Phi) is 7.01. The van der Waals surface area contributed by atoms with Crippen molar-refractivity contribution in [2.24, 2.45) is 17.8 Å². The van der Waals surface area contributed by atoms with E-state index < -0.39 is 5.60 Å². The molecule has 1 saturated carbocycles. The smallest absolute Gasteiger partial charge is 0.410 e. The highest BCUT2D eigenvalue weighted by molar-refractivity contribution is 6.06. The molecule has 2 bridgehead atoms. The van der Waals surface area contributed by atoms with Crippen LogP contribution < -0.4 is 10.2 Å². The Bertz CT molecular complexity index is 1290. The number of urea groups is 1. The topological polar surface area (TPSA) is 100 Å². The van der Waals surface area contributed by atoms with E-state index in [0.717, 1.165) is 67.8 Å². The first kappa shape index (κ1) is 27.1. The van der Waals surface area contributed by atoms with Crippen LogP contribution in [0.4, 0.5) is 15.3 Å². The summed E-state index contributed by atoms with van der Waals surface area (Å²) in [5, 5.41) is 3.45. The van der Waals surface area contributed by atoms with Crippen molar-refractivity contribution in [1.82, 2.24) is 24.7 Å². The summed E-state index contributed by atoms with van der Waals surface area (Å²) in [6.07, 6.45) is 8.67. The van der Waals surface area contributed by atoms with Crippen LogP contribution in [0.5, 0.6) is 0 Å². The van der Waals surface area contributed by atoms with Gasteiger partial charge in [0.05, 0.1) is 11.9 Å². The number of nitrogens with one attached hydrogen (secondary N) is 1. The number of nitrogens with zero attached hydrogens (tertiary/aromatic N) is 5. The van der Waals surface area contributed by atoms with E-state index in [9.17, 15) is 14.4 Å². The minimum Gasteiger partial charge on any atom is -0.444 e. The molecule has 6 rings (SSSR count). The number of ether oxygens (including phenoxy) is 1. The van der Waals surface area contributed by atoms with E-state index in [4.69, 9.17) is 9.72 Å². The van der Waals surface area contributed by atoms with Crippen LogP contribution in [0.1, 0.15) is 64.5 Å². The molecule has 2 atom stereocenters. The van der Waals surface area contributed by atoms with Crippen molar-refractivity contribution in [3.8, 4) is 0 Å². The van der Waals surface area contributed by atoms with Gasteiger partial charge < -0.3 is 19.1 Å². The quantitative estimate of drug-likeness (QED) is 0.609. The van der Waals surface area contributed by atoms with E-state index in [1.165, 1.54) is 12.8 Å². The summed E-state index contributed by atoms with van der Waals surface area (Å²) in [5.41, 5.74) is 2.37. The number of fused-ring (bicyclic) bond motifs is 3. The van der Waals surface area contributed by atoms with Crippen LogP contribution in [-0.4, -0.2) is 82.3 Å². The second-order valence-corrected chi connectivity index (χ2v) is 13.2. The minimum atomic E-state index is -0.454. The molecular formula is C30H42N6O4. The molecule has 40 heavy (non-hydrogen) atoms. The number of anilines is 1. The zero-order valence-corrected chi connectivity index (χ0v) is 24.2. The molecule has 10 nitrogen and oxygen atoms in total. The summed E-state index contributed by atoms with van der Waals surface area (Å²) in [7, 11) is 0. The molecule has 10 heteroatoms. The second kappa shape index (κ2) is 10.4. The van der Waals surface area contributed by atoms with E-state index in [-0.39, 0.29) is 18.0 Å². The highest BCUT2D eigenvalue weighted by Crippen LogP contribution is 2.43. The molecule has 4 amide bonds. The van der Waals surface area contributed by atoms with Gasteiger partial charge >= 0.3 is 12.1 Å². The molecule has 2 unspecified atom stereocenters. The maximum atomic E-state index is 12.7. The standard InChI is InChI=1S/C30H42N6O4/c1-19-15-36(27-24(19)13-23(14-31-27)35-12-9-26(37)32-28(35)38)22-7-10-33(11-8-22)18-25-20-5-6-21(25)17-34(16-20)29(39)40-30(2,3)4/h13-15,20-22,25H,5-12,16-18H2,1-4H3,(H,32,37,38). The summed E-state index contributed by atoms with van der Waals surface area (Å²) in [5.74, 6) is 1.56. The zero-order valence-electron chi connectivity index (χ0n) is 24.2. The zero-order chi connectivity index (χ0) is 28.2. The number of hydrogen-bond acceptors (Lipinski definition) is 6. The van der Waals surface area contributed by atoms with Crippen LogP contribution in [0.3, 0.4) is 0 Å². The molecule has 0 spiro atoms. The van der Waals surface area contributed by atoms with E-state index in [1.54, 1.807) is 11.1 Å². The monoisotopic (exact) mass is 550 g/mol. The number of aryl methyl sites for hydroxylation is 1. The fourth-order valence-electron chi connectivity index (χ4n) is 7.31. The van der Waals surface area contributed by atoms with E-state index in [2.05, 4.69) is 27.9 Å². The molecule has 0 radical (unpaired) electrons. The average Bonchev–Trinajstić information content (AvgIpc) is 3.33. The number of pyridine rings is 1. The Morgan fingerprint density at radius 3 is 2.42 bits per heavy atom. The molecule has 5 heterocycles. The van der Waals surface area contributed by atoms with Crippen molar-refractivity contribution < 1.29 is 19.1 Å². The molecule has 4 aliphatic rings. The van der Waals surface area contributed by atoms with Crippen molar-refractivity contribution in [2.45, 2.75) is 71.4 Å². The van der Waals surface area contributed by atoms with Gasteiger partial charge in [-0.1, -0.05) is 0 Å². The van der Waals surface area contributed by atoms with Crippen molar-refractivity contribution >= 4 is 34.8 Å². The number of carbonyl (C=O) groups excluding carboxylic acids is 3. The number of carbonyl (C=O) groups is 3. The van der Waals surface area contributed by atoms with Crippen LogP contribution in [-0.2, 0) is 9.53 Å². The maximum Gasteiger partial charge on any atom is 0.410 e. The van der Waals surface area contributed by atoms with Gasteiger partial charge in [-0.05, 0) is 82.8 Å². The largest absolute Gasteiger partial charge is 0.444 e. The summed E-state index contributed by atoms with van der Waals surface area (Å²) in [4.78, 5) is 47.5. The van der Waals surface area contributed by atoms with Gasteiger partial charge in [-0.15, -0.1) is 0 Å². The number of aromatic nitrogens is 2. The summed E-state index contributed by atoms with van der Waals surface area (Å²) < 4.78 is 7.98. The number of likely N-dealkylation sites (tertiary alicyclic amines) is 2. The van der Waals surface area contributed by atoms with Gasteiger partial charge in [-0.25, -0.2) is 14.6 Å². The Morgan fingerprint density at radius 2 is 1.77 bits per heavy atom. The van der Waals surface area contributed by atoms with Gasteiger partial charge in [0.1, 0.15) is 11.2 Å². The molecule has 2 aromatic heterocycles. The first-order valence-electron chi connectivity index (χ1n) is 14.8. The second-order valence-electron chi connectivity index (χ2n) is 13.2. The van der Waals surface area contributed by atoms with Gasteiger partial charge in [0.25, 0.3) is 0 Å². The molecule has 4 fully saturated rings. The van der Waals surface area contributed by atoms with Crippen LogP contribution in [0, 0.1) is 24.7 Å². The fourth-order valence-corrected chi connectivity index (χ4v) is 7.31. The summed E-state index contributed by atoms with van der Waals surface area (Å²) >= 11 is 0. The van der Waals surface area contributed by atoms with Crippen molar-refractivity contribution in [2.75, 3.05) is 44.2 Å². The van der Waals surface area contributed by atoms with Crippen LogP contribution >= 0.6 is 0 Å². The molecule has 3 aliphatic heterocycles. The predicted molar refractivity (Wildman–Crippen MR) is 152 cm³/mol. The van der Waals surface area contributed by atoms with Crippen LogP contribution in [0.15, 0.2) is 18.5 Å². The Balaban J connectivity index is 1.07. The predicted octanol–water partition coefficient (Wildman–Crippen LogP) is 4.32. The van der Waals surface area contributed by atoms with Gasteiger partial charge in [-0.2, -0.15) is 0 Å². The summed E-state index contributed by atoms with van der Waals surface area (Å²) in [6.45, 7) is 13.2. The molecule has 2 aromatic rings. The fraction of sp³-hybridized carbons (Fsp3) is 0.667. The van der Waals surface area contributed by atoms with Gasteiger partial charge in [-0.3, -0.25) is 15.0 Å². The lowest BCUT2D eigenvalue weighted by atomic mass is 9.84. The lowest BCUT2D eigenvalue weighted by Gasteiger charge is -2.42. The summed E-state index contributed by atoms with van der Waals surface area (Å²) in [6, 6.07) is 2.04. The van der Waals surface area contributed by atoms with Gasteiger partial charge in [0.2, 0.25) is 5.91 Å². The van der Waals surface area contributed by atoms with Crippen LogP contribution in [0.2, 0.25) is 0 Å². The number of piperidine rings is 2. The number of rotatable bonds is 4. The Morgan fingerprint density at radius 1 is 1.07 bits per heavy atom. The SMILES string of the molecule is Cc1cn(C2CCN(CC3C4CCC3CN(C(=O)OC(C)(C)C)C4)CC2)c2ncc(N3CCC(=O)NC3=O)cc12. The molecule has 0 aromatic carbocycles. The van der Waals surface area contributed by atoms with E-state index in [0.29, 0.717) is 36.8 Å². The lowest BCUT2D eigenvalue weighted by Crippen LogP contribution is -2.50. The molecule has 216 valence electrons. The number of hydrogen-bond donors (Lipinski definition) is 1. The van der Waals surface area contributed by atoms with Crippen LogP contribution in [0.25, 0.3) is 11.0 Å². The average molecular weight is 551 g/mol. The van der Waals surface area contributed by atoms with Crippen molar-refractivity contribution in [3.05, 3.63) is 24.0 Å². The Hall–Kier alpha value is -3.14. The first-order chi connectivity index (χ1) is 19.1. The minimum absolute atomic E-state index is 0.159. The highest BCUT2D eigenvalue weighted by Gasteiger charge is 2.44.